The maximum absolute atomic E-state index is 11.7. The zero-order valence-corrected chi connectivity index (χ0v) is 10.6. The number of aliphatic hydroxyl groups is 1. The van der Waals surface area contributed by atoms with Crippen LogP contribution in [-0.4, -0.2) is 36.1 Å². The predicted molar refractivity (Wildman–Crippen MR) is 72.6 cm³/mol. The van der Waals surface area contributed by atoms with E-state index in [9.17, 15) is 14.7 Å². The van der Waals surface area contributed by atoms with Gasteiger partial charge in [0.05, 0.1) is 11.4 Å². The Morgan fingerprint density at radius 1 is 1.42 bits per heavy atom. The molecule has 0 aliphatic carbocycles. The van der Waals surface area contributed by atoms with Crippen LogP contribution in [0.5, 0.6) is 0 Å². The van der Waals surface area contributed by atoms with Gasteiger partial charge in [-0.15, -0.1) is 0 Å². The number of anilines is 2. The fourth-order valence-electron chi connectivity index (χ4n) is 1.42. The number of nitrogens with two attached hydrogens (primary N) is 2. The van der Waals surface area contributed by atoms with Crippen molar-refractivity contribution < 1.29 is 14.7 Å². The smallest absolute Gasteiger partial charge is 0.251 e. The third kappa shape index (κ3) is 4.14. The third-order valence-electron chi connectivity index (χ3n) is 2.47. The van der Waals surface area contributed by atoms with Crippen LogP contribution in [0.3, 0.4) is 0 Å². The molecule has 0 radical (unpaired) electrons. The maximum atomic E-state index is 11.7. The summed E-state index contributed by atoms with van der Waals surface area (Å²) < 4.78 is 0. The zero-order valence-electron chi connectivity index (χ0n) is 10.6. The first kappa shape index (κ1) is 14.8. The van der Waals surface area contributed by atoms with Gasteiger partial charge in [0.15, 0.2) is 0 Å². The van der Waals surface area contributed by atoms with Crippen LogP contribution in [0.2, 0.25) is 0 Å². The van der Waals surface area contributed by atoms with Crippen LogP contribution in [0.1, 0.15) is 17.3 Å². The lowest BCUT2D eigenvalue weighted by molar-refractivity contribution is -0.125. The summed E-state index contributed by atoms with van der Waals surface area (Å²) in [7, 11) is 0. The molecule has 0 aliphatic heterocycles. The van der Waals surface area contributed by atoms with Crippen LogP contribution < -0.4 is 22.1 Å². The van der Waals surface area contributed by atoms with Crippen molar-refractivity contribution in [3.05, 3.63) is 23.8 Å². The summed E-state index contributed by atoms with van der Waals surface area (Å²) in [4.78, 5) is 22.4. The minimum atomic E-state index is -1.31. The molecule has 0 fully saturated rings. The first-order chi connectivity index (χ1) is 8.95. The monoisotopic (exact) mass is 266 g/mol. The Kier molecular flexibility index (Phi) is 5.13. The number of amides is 2. The fraction of sp³-hybridized carbons (Fsp3) is 0.333. The molecule has 1 aromatic carbocycles. The van der Waals surface area contributed by atoms with Gasteiger partial charge < -0.3 is 27.2 Å². The molecule has 0 saturated heterocycles. The number of primary amides is 1. The van der Waals surface area contributed by atoms with E-state index in [2.05, 4.69) is 10.6 Å². The summed E-state index contributed by atoms with van der Waals surface area (Å²) in [5, 5.41) is 14.7. The number of benzene rings is 1. The molecule has 1 rings (SSSR count). The second-order valence-electron chi connectivity index (χ2n) is 3.96. The Morgan fingerprint density at radius 3 is 2.68 bits per heavy atom. The number of aliphatic hydroxyl groups excluding tert-OH is 1. The number of nitrogens with one attached hydrogen (secondary N) is 2. The van der Waals surface area contributed by atoms with Gasteiger partial charge in [-0.1, -0.05) is 0 Å². The van der Waals surface area contributed by atoms with Gasteiger partial charge in [0.2, 0.25) is 5.91 Å². The van der Waals surface area contributed by atoms with E-state index in [4.69, 9.17) is 11.5 Å². The number of hydrogen-bond donors (Lipinski definition) is 5. The van der Waals surface area contributed by atoms with Crippen molar-refractivity contribution in [3.63, 3.8) is 0 Å². The van der Waals surface area contributed by atoms with Gasteiger partial charge in [-0.2, -0.15) is 0 Å². The molecule has 7 N–H and O–H groups in total. The highest BCUT2D eigenvalue weighted by atomic mass is 16.3. The lowest BCUT2D eigenvalue weighted by Crippen LogP contribution is -2.34. The van der Waals surface area contributed by atoms with Crippen molar-refractivity contribution in [2.24, 2.45) is 5.73 Å². The van der Waals surface area contributed by atoms with Crippen LogP contribution in [0.4, 0.5) is 11.4 Å². The van der Waals surface area contributed by atoms with E-state index in [1.54, 1.807) is 18.2 Å². The zero-order chi connectivity index (χ0) is 14.4. The molecule has 7 heteroatoms. The topological polar surface area (TPSA) is 130 Å². The Hall–Kier alpha value is -2.28. The average molecular weight is 266 g/mol. The molecule has 7 nitrogen and oxygen atoms in total. The largest absolute Gasteiger partial charge is 0.397 e. The standard InChI is InChI=1S/C12H18N4O3/c1-2-15-12(19)7-3-4-8(13)9(5-7)16-6-10(17)11(14)18/h3-5,10,16-17H,2,6,13H2,1H3,(H2,14,18)(H,15,19). The van der Waals surface area contributed by atoms with Gasteiger partial charge >= 0.3 is 0 Å². The van der Waals surface area contributed by atoms with E-state index in [-0.39, 0.29) is 12.5 Å². The molecule has 1 aromatic rings. The number of rotatable bonds is 6. The SMILES string of the molecule is CCNC(=O)c1ccc(N)c(NCC(O)C(N)=O)c1. The minimum Gasteiger partial charge on any atom is -0.397 e. The summed E-state index contributed by atoms with van der Waals surface area (Å²) in [5.41, 5.74) is 12.0. The van der Waals surface area contributed by atoms with E-state index in [1.165, 1.54) is 0 Å². The van der Waals surface area contributed by atoms with Crippen LogP contribution in [0.25, 0.3) is 0 Å². The molecule has 19 heavy (non-hydrogen) atoms. The van der Waals surface area contributed by atoms with E-state index >= 15 is 0 Å². The molecule has 1 unspecified atom stereocenters. The molecule has 0 aromatic heterocycles. The summed E-state index contributed by atoms with van der Waals surface area (Å²) in [6.07, 6.45) is -1.31. The average Bonchev–Trinajstić information content (AvgIpc) is 2.37. The molecule has 1 atom stereocenters. The lowest BCUT2D eigenvalue weighted by atomic mass is 10.1. The predicted octanol–water partition coefficient (Wildman–Crippen LogP) is -0.723. The Morgan fingerprint density at radius 2 is 2.11 bits per heavy atom. The number of hydrogen-bond acceptors (Lipinski definition) is 5. The summed E-state index contributed by atoms with van der Waals surface area (Å²) in [6, 6.07) is 4.72. The Labute approximate surface area is 111 Å². The number of nitrogen functional groups attached to an aromatic ring is 1. The van der Waals surface area contributed by atoms with Crippen LogP contribution in [-0.2, 0) is 4.79 Å². The highest BCUT2D eigenvalue weighted by Gasteiger charge is 2.12. The van der Waals surface area contributed by atoms with E-state index in [1.807, 2.05) is 6.92 Å². The Bertz CT molecular complexity index is 476. The molecule has 0 spiro atoms. The first-order valence-corrected chi connectivity index (χ1v) is 5.84. The second-order valence-corrected chi connectivity index (χ2v) is 3.96. The van der Waals surface area contributed by atoms with E-state index in [0.717, 1.165) is 0 Å². The van der Waals surface area contributed by atoms with Gasteiger partial charge in [-0.3, -0.25) is 9.59 Å². The number of carbonyl (C=O) groups excluding carboxylic acids is 2. The van der Waals surface area contributed by atoms with Gasteiger partial charge in [-0.25, -0.2) is 0 Å². The van der Waals surface area contributed by atoms with Crippen LogP contribution in [0, 0.1) is 0 Å². The quantitative estimate of drug-likeness (QED) is 0.434. The molecule has 0 heterocycles. The van der Waals surface area contributed by atoms with Gasteiger partial charge in [0, 0.05) is 18.7 Å². The molecule has 0 aliphatic rings. The minimum absolute atomic E-state index is 0.0710. The summed E-state index contributed by atoms with van der Waals surface area (Å²) in [5.74, 6) is -1.05. The van der Waals surface area contributed by atoms with Crippen LogP contribution >= 0.6 is 0 Å². The molecule has 0 bridgehead atoms. The Balaban J connectivity index is 2.80. The molecule has 2 amide bonds. The normalized spacial score (nSPS) is 11.7. The van der Waals surface area contributed by atoms with Gasteiger partial charge in [0.1, 0.15) is 6.10 Å². The first-order valence-electron chi connectivity index (χ1n) is 5.84. The van der Waals surface area contributed by atoms with Crippen LogP contribution in [0.15, 0.2) is 18.2 Å². The number of carbonyl (C=O) groups is 2. The third-order valence-corrected chi connectivity index (χ3v) is 2.47. The van der Waals surface area contributed by atoms with Gasteiger partial charge in [-0.05, 0) is 25.1 Å². The van der Waals surface area contributed by atoms with Crippen molar-refractivity contribution in [3.8, 4) is 0 Å². The van der Waals surface area contributed by atoms with Crippen molar-refractivity contribution in [2.75, 3.05) is 24.1 Å². The molecular weight excluding hydrogens is 248 g/mol. The van der Waals surface area contributed by atoms with Gasteiger partial charge in [0.25, 0.3) is 5.91 Å². The summed E-state index contributed by atoms with van der Waals surface area (Å²) in [6.45, 7) is 2.27. The van der Waals surface area contributed by atoms with E-state index in [0.29, 0.717) is 23.5 Å². The van der Waals surface area contributed by atoms with Crippen molar-refractivity contribution in [1.29, 1.82) is 0 Å². The molecular formula is C12H18N4O3. The molecule has 104 valence electrons. The summed E-state index contributed by atoms with van der Waals surface area (Å²) >= 11 is 0. The highest BCUT2D eigenvalue weighted by Crippen LogP contribution is 2.20. The van der Waals surface area contributed by atoms with E-state index < -0.39 is 12.0 Å². The van der Waals surface area contributed by atoms with Crippen molar-refractivity contribution in [2.45, 2.75) is 13.0 Å². The fourth-order valence-corrected chi connectivity index (χ4v) is 1.42. The molecule has 0 saturated carbocycles. The highest BCUT2D eigenvalue weighted by molar-refractivity contribution is 5.96. The van der Waals surface area contributed by atoms with Crippen molar-refractivity contribution >= 4 is 23.2 Å². The lowest BCUT2D eigenvalue weighted by Gasteiger charge is -2.13. The maximum Gasteiger partial charge on any atom is 0.251 e. The van der Waals surface area contributed by atoms with Crippen molar-refractivity contribution in [1.82, 2.24) is 5.32 Å². The second kappa shape index (κ2) is 6.60.